The van der Waals surface area contributed by atoms with Crippen molar-refractivity contribution in [1.29, 1.82) is 0 Å². The van der Waals surface area contributed by atoms with Gasteiger partial charge in [0.1, 0.15) is 11.6 Å². The molecule has 6 heteroatoms. The van der Waals surface area contributed by atoms with Crippen LogP contribution in [0.15, 0.2) is 30.5 Å². The fraction of sp³-hybridized carbons (Fsp3) is 0.267. The van der Waals surface area contributed by atoms with E-state index in [1.165, 1.54) is 0 Å². The highest BCUT2D eigenvalue weighted by Crippen LogP contribution is 2.24. The molecule has 5 nitrogen and oxygen atoms in total. The second-order valence-corrected chi connectivity index (χ2v) is 5.33. The molecule has 0 aromatic carbocycles. The first-order valence-corrected chi connectivity index (χ1v) is 7.15. The van der Waals surface area contributed by atoms with Gasteiger partial charge in [-0.1, -0.05) is 13.0 Å². The van der Waals surface area contributed by atoms with Crippen molar-refractivity contribution in [3.63, 3.8) is 0 Å². The minimum Gasteiger partial charge on any atom is -0.363 e. The van der Waals surface area contributed by atoms with Gasteiger partial charge in [-0.05, 0) is 36.2 Å². The molecule has 0 aliphatic carbocycles. The predicted molar refractivity (Wildman–Crippen MR) is 85.4 cm³/mol. The van der Waals surface area contributed by atoms with Crippen LogP contribution in [0.3, 0.4) is 0 Å². The molecule has 0 unspecified atom stereocenters. The van der Waals surface area contributed by atoms with Gasteiger partial charge in [-0.25, -0.2) is 9.97 Å². The molecule has 0 spiro atoms. The fourth-order valence-electron chi connectivity index (χ4n) is 2.32. The van der Waals surface area contributed by atoms with E-state index in [1.807, 2.05) is 41.8 Å². The molecule has 108 valence electrons. The standard InChI is InChI=1S/C15H16ClN5/c1-4-11-8-10-9-17-15(16)19-14(10)21(11)13-7-5-6-12(18-13)20(2)3/h5-9H,4H2,1-3H3. The van der Waals surface area contributed by atoms with Gasteiger partial charge < -0.3 is 4.90 Å². The predicted octanol–water partition coefficient (Wildman–Crippen LogP) is 3.10. The summed E-state index contributed by atoms with van der Waals surface area (Å²) in [4.78, 5) is 15.1. The number of rotatable bonds is 3. The van der Waals surface area contributed by atoms with E-state index in [4.69, 9.17) is 11.6 Å². The summed E-state index contributed by atoms with van der Waals surface area (Å²) in [6, 6.07) is 8.02. The maximum absolute atomic E-state index is 5.95. The smallest absolute Gasteiger partial charge is 0.224 e. The van der Waals surface area contributed by atoms with Gasteiger partial charge in [0.15, 0.2) is 5.65 Å². The van der Waals surface area contributed by atoms with Crippen LogP contribution >= 0.6 is 11.6 Å². The number of pyridine rings is 1. The summed E-state index contributed by atoms with van der Waals surface area (Å²) in [6.45, 7) is 2.11. The number of anilines is 1. The van der Waals surface area contributed by atoms with Crippen molar-refractivity contribution in [3.05, 3.63) is 41.4 Å². The van der Waals surface area contributed by atoms with E-state index in [0.717, 1.165) is 34.8 Å². The number of aryl methyl sites for hydroxylation is 1. The minimum atomic E-state index is 0.244. The molecule has 0 bridgehead atoms. The van der Waals surface area contributed by atoms with Crippen LogP contribution in [0.4, 0.5) is 5.82 Å². The minimum absolute atomic E-state index is 0.244. The van der Waals surface area contributed by atoms with E-state index in [-0.39, 0.29) is 5.28 Å². The quantitative estimate of drug-likeness (QED) is 0.697. The molecule has 0 aliphatic heterocycles. The van der Waals surface area contributed by atoms with Crippen LogP contribution in [0.2, 0.25) is 5.28 Å². The Morgan fingerprint density at radius 1 is 1.24 bits per heavy atom. The highest BCUT2D eigenvalue weighted by molar-refractivity contribution is 6.28. The Morgan fingerprint density at radius 3 is 2.76 bits per heavy atom. The van der Waals surface area contributed by atoms with Crippen molar-refractivity contribution in [1.82, 2.24) is 19.5 Å². The van der Waals surface area contributed by atoms with Crippen LogP contribution in [-0.4, -0.2) is 33.6 Å². The number of hydrogen-bond acceptors (Lipinski definition) is 4. The molecule has 21 heavy (non-hydrogen) atoms. The highest BCUT2D eigenvalue weighted by Gasteiger charge is 2.13. The number of fused-ring (bicyclic) bond motifs is 1. The summed E-state index contributed by atoms with van der Waals surface area (Å²) in [6.07, 6.45) is 2.62. The van der Waals surface area contributed by atoms with Crippen molar-refractivity contribution < 1.29 is 0 Å². The average molecular weight is 302 g/mol. The Morgan fingerprint density at radius 2 is 2.05 bits per heavy atom. The average Bonchev–Trinajstić information content (AvgIpc) is 2.85. The molecule has 3 heterocycles. The van der Waals surface area contributed by atoms with E-state index in [0.29, 0.717) is 0 Å². The third kappa shape index (κ3) is 2.45. The van der Waals surface area contributed by atoms with Gasteiger partial charge in [-0.15, -0.1) is 0 Å². The van der Waals surface area contributed by atoms with Gasteiger partial charge in [0.05, 0.1) is 0 Å². The van der Waals surface area contributed by atoms with Crippen molar-refractivity contribution >= 4 is 28.5 Å². The summed E-state index contributed by atoms with van der Waals surface area (Å²) in [5.74, 6) is 1.74. The van der Waals surface area contributed by atoms with Gasteiger partial charge in [0.25, 0.3) is 0 Å². The number of nitrogens with zero attached hydrogens (tertiary/aromatic N) is 5. The van der Waals surface area contributed by atoms with Crippen LogP contribution in [-0.2, 0) is 6.42 Å². The van der Waals surface area contributed by atoms with E-state index in [1.54, 1.807) is 6.20 Å². The first-order chi connectivity index (χ1) is 10.1. The molecule has 0 saturated carbocycles. The Hall–Kier alpha value is -2.14. The molecule has 3 aromatic rings. The van der Waals surface area contributed by atoms with Crippen LogP contribution in [0.5, 0.6) is 0 Å². The van der Waals surface area contributed by atoms with E-state index >= 15 is 0 Å². The number of hydrogen-bond donors (Lipinski definition) is 0. The van der Waals surface area contributed by atoms with E-state index in [2.05, 4.69) is 27.9 Å². The molecule has 0 fully saturated rings. The van der Waals surface area contributed by atoms with Crippen LogP contribution in [0.25, 0.3) is 16.9 Å². The topological polar surface area (TPSA) is 46.8 Å². The highest BCUT2D eigenvalue weighted by atomic mass is 35.5. The Labute approximate surface area is 128 Å². The van der Waals surface area contributed by atoms with Gasteiger partial charge in [0.2, 0.25) is 5.28 Å². The lowest BCUT2D eigenvalue weighted by molar-refractivity contribution is 0.908. The molecule has 0 amide bonds. The summed E-state index contributed by atoms with van der Waals surface area (Å²) in [5, 5.41) is 1.21. The molecular weight excluding hydrogens is 286 g/mol. The molecule has 0 atom stereocenters. The van der Waals surface area contributed by atoms with Crippen molar-refractivity contribution in [2.24, 2.45) is 0 Å². The maximum atomic E-state index is 5.95. The largest absolute Gasteiger partial charge is 0.363 e. The Kier molecular flexibility index (Phi) is 3.51. The fourth-order valence-corrected chi connectivity index (χ4v) is 2.45. The Bertz CT molecular complexity index is 794. The van der Waals surface area contributed by atoms with E-state index in [9.17, 15) is 0 Å². The summed E-state index contributed by atoms with van der Waals surface area (Å²) in [5.41, 5.74) is 1.92. The molecule has 0 radical (unpaired) electrons. The van der Waals surface area contributed by atoms with Crippen molar-refractivity contribution in [3.8, 4) is 5.82 Å². The summed E-state index contributed by atoms with van der Waals surface area (Å²) < 4.78 is 2.04. The molecule has 3 aromatic heterocycles. The van der Waals surface area contributed by atoms with Gasteiger partial charge in [-0.2, -0.15) is 4.98 Å². The van der Waals surface area contributed by atoms with Gasteiger partial charge >= 0.3 is 0 Å². The lowest BCUT2D eigenvalue weighted by atomic mass is 10.3. The molecule has 0 saturated heterocycles. The second-order valence-electron chi connectivity index (χ2n) is 4.99. The number of halogens is 1. The number of aromatic nitrogens is 4. The second kappa shape index (κ2) is 5.33. The van der Waals surface area contributed by atoms with Crippen molar-refractivity contribution in [2.75, 3.05) is 19.0 Å². The molecule has 0 N–H and O–H groups in total. The van der Waals surface area contributed by atoms with Gasteiger partial charge in [0, 0.05) is 31.4 Å². The SMILES string of the molecule is CCc1cc2cnc(Cl)nc2n1-c1cccc(N(C)C)n1. The van der Waals surface area contributed by atoms with Crippen LogP contribution in [0.1, 0.15) is 12.6 Å². The zero-order valence-electron chi connectivity index (χ0n) is 12.2. The third-order valence-corrected chi connectivity index (χ3v) is 3.54. The van der Waals surface area contributed by atoms with Gasteiger partial charge in [-0.3, -0.25) is 4.57 Å². The third-order valence-electron chi connectivity index (χ3n) is 3.36. The van der Waals surface area contributed by atoms with Crippen molar-refractivity contribution in [2.45, 2.75) is 13.3 Å². The lowest BCUT2D eigenvalue weighted by Crippen LogP contribution is -2.12. The molecular formula is C15H16ClN5. The zero-order valence-corrected chi connectivity index (χ0v) is 13.0. The lowest BCUT2D eigenvalue weighted by Gasteiger charge is -2.14. The first-order valence-electron chi connectivity index (χ1n) is 6.77. The zero-order chi connectivity index (χ0) is 15.0. The summed E-state index contributed by atoms with van der Waals surface area (Å²) in [7, 11) is 3.94. The maximum Gasteiger partial charge on any atom is 0.224 e. The molecule has 3 rings (SSSR count). The first kappa shape index (κ1) is 13.8. The van der Waals surface area contributed by atoms with E-state index < -0.39 is 0 Å². The normalized spacial score (nSPS) is 11.0. The summed E-state index contributed by atoms with van der Waals surface area (Å²) >= 11 is 5.95. The Balaban J connectivity index is 2.27. The van der Waals surface area contributed by atoms with Crippen LogP contribution < -0.4 is 4.90 Å². The monoisotopic (exact) mass is 301 g/mol. The molecule has 0 aliphatic rings. The van der Waals surface area contributed by atoms with Crippen LogP contribution in [0, 0.1) is 0 Å².